The predicted molar refractivity (Wildman–Crippen MR) is 76.1 cm³/mol. The molecule has 2 N–H and O–H groups in total. The molecule has 21 heavy (non-hydrogen) atoms. The summed E-state index contributed by atoms with van der Waals surface area (Å²) in [5, 5.41) is 3.23. The van der Waals surface area contributed by atoms with Crippen molar-refractivity contribution in [1.29, 1.82) is 0 Å². The number of aromatic amines is 1. The minimum absolute atomic E-state index is 0.213. The van der Waals surface area contributed by atoms with Crippen LogP contribution in [0.3, 0.4) is 0 Å². The van der Waals surface area contributed by atoms with Gasteiger partial charge < -0.3 is 14.7 Å². The molecule has 0 saturated heterocycles. The van der Waals surface area contributed by atoms with Crippen LogP contribution < -0.4 is 10.9 Å². The Morgan fingerprint density at radius 1 is 1.52 bits per heavy atom. The van der Waals surface area contributed by atoms with Crippen LogP contribution in [0.15, 0.2) is 15.5 Å². The summed E-state index contributed by atoms with van der Waals surface area (Å²) in [5.41, 5.74) is 0.509. The summed E-state index contributed by atoms with van der Waals surface area (Å²) in [6.07, 6.45) is 6.25. The van der Waals surface area contributed by atoms with E-state index in [0.29, 0.717) is 23.3 Å². The third-order valence-corrected chi connectivity index (χ3v) is 4.83. The zero-order valence-electron chi connectivity index (χ0n) is 11.9. The van der Waals surface area contributed by atoms with Crippen molar-refractivity contribution >= 4 is 17.0 Å². The standard InChI is InChI=1S/C15H17N3O3/c1-8-10(11-13(20)17-7-18-14(11)21-8)12(19)16-6-15(4-5-15)9-2-3-9/h7,9H,2-6H2,1H3,(H,16,19)(H,17,18,20). The van der Waals surface area contributed by atoms with Gasteiger partial charge in [-0.25, -0.2) is 4.98 Å². The zero-order chi connectivity index (χ0) is 14.6. The second-order valence-electron chi connectivity index (χ2n) is 6.26. The molecule has 0 radical (unpaired) electrons. The van der Waals surface area contributed by atoms with Gasteiger partial charge in [0.1, 0.15) is 11.1 Å². The van der Waals surface area contributed by atoms with Gasteiger partial charge in [0.2, 0.25) is 5.71 Å². The second-order valence-corrected chi connectivity index (χ2v) is 6.26. The molecule has 4 rings (SSSR count). The average molecular weight is 287 g/mol. The molecule has 1 amide bonds. The Morgan fingerprint density at radius 2 is 2.29 bits per heavy atom. The molecule has 0 spiro atoms. The Hall–Kier alpha value is -2.11. The molecule has 0 aliphatic heterocycles. The lowest BCUT2D eigenvalue weighted by molar-refractivity contribution is 0.0942. The minimum Gasteiger partial charge on any atom is -0.442 e. The fourth-order valence-electron chi connectivity index (χ4n) is 3.26. The fourth-order valence-corrected chi connectivity index (χ4v) is 3.26. The SMILES string of the molecule is Cc1oc2nc[nH]c(=O)c2c1C(=O)NCC1(C2CC2)CC1. The van der Waals surface area contributed by atoms with Gasteiger partial charge in [-0.05, 0) is 43.9 Å². The molecule has 2 aliphatic rings. The topological polar surface area (TPSA) is 88.0 Å². The van der Waals surface area contributed by atoms with Crippen molar-refractivity contribution in [2.75, 3.05) is 6.54 Å². The lowest BCUT2D eigenvalue weighted by Crippen LogP contribution is -2.32. The smallest absolute Gasteiger partial charge is 0.262 e. The van der Waals surface area contributed by atoms with E-state index in [1.807, 2.05) is 0 Å². The quantitative estimate of drug-likeness (QED) is 0.896. The maximum absolute atomic E-state index is 12.5. The summed E-state index contributed by atoms with van der Waals surface area (Å²) in [6.45, 7) is 2.38. The number of carbonyl (C=O) groups excluding carboxylic acids is 1. The fraction of sp³-hybridized carbons (Fsp3) is 0.533. The molecule has 2 aromatic heterocycles. The van der Waals surface area contributed by atoms with Crippen molar-refractivity contribution in [3.05, 3.63) is 28.0 Å². The summed E-state index contributed by atoms with van der Waals surface area (Å²) < 4.78 is 5.42. The van der Waals surface area contributed by atoms with Gasteiger partial charge in [-0.15, -0.1) is 0 Å². The first-order valence-corrected chi connectivity index (χ1v) is 7.36. The largest absolute Gasteiger partial charge is 0.442 e. The summed E-state index contributed by atoms with van der Waals surface area (Å²) in [7, 11) is 0. The van der Waals surface area contributed by atoms with E-state index in [0.717, 1.165) is 5.92 Å². The third kappa shape index (κ3) is 1.97. The van der Waals surface area contributed by atoms with Crippen LogP contribution in [-0.4, -0.2) is 22.4 Å². The van der Waals surface area contributed by atoms with Gasteiger partial charge in [0.15, 0.2) is 0 Å². The highest BCUT2D eigenvalue weighted by atomic mass is 16.3. The van der Waals surface area contributed by atoms with E-state index in [9.17, 15) is 9.59 Å². The number of aryl methyl sites for hydroxylation is 1. The highest BCUT2D eigenvalue weighted by molar-refractivity contribution is 6.06. The van der Waals surface area contributed by atoms with Crippen molar-refractivity contribution in [3.8, 4) is 0 Å². The highest BCUT2D eigenvalue weighted by Crippen LogP contribution is 2.60. The number of amides is 1. The van der Waals surface area contributed by atoms with Crippen molar-refractivity contribution in [2.45, 2.75) is 32.6 Å². The number of fused-ring (bicyclic) bond motifs is 1. The van der Waals surface area contributed by atoms with E-state index >= 15 is 0 Å². The highest BCUT2D eigenvalue weighted by Gasteiger charge is 2.53. The molecular weight excluding hydrogens is 270 g/mol. The Bertz CT molecular complexity index is 781. The van der Waals surface area contributed by atoms with Crippen LogP contribution in [0.1, 0.15) is 41.8 Å². The van der Waals surface area contributed by atoms with Crippen molar-refractivity contribution in [2.24, 2.45) is 11.3 Å². The van der Waals surface area contributed by atoms with E-state index in [1.165, 1.54) is 32.0 Å². The van der Waals surface area contributed by atoms with Crippen LogP contribution in [0.25, 0.3) is 11.1 Å². The van der Waals surface area contributed by atoms with E-state index < -0.39 is 0 Å². The normalized spacial score (nSPS) is 19.7. The summed E-state index contributed by atoms with van der Waals surface area (Å²) >= 11 is 0. The number of nitrogens with one attached hydrogen (secondary N) is 2. The van der Waals surface area contributed by atoms with E-state index in [-0.39, 0.29) is 22.6 Å². The van der Waals surface area contributed by atoms with Gasteiger partial charge >= 0.3 is 0 Å². The van der Waals surface area contributed by atoms with Crippen LogP contribution in [0.2, 0.25) is 0 Å². The Labute approximate surface area is 120 Å². The van der Waals surface area contributed by atoms with Crippen molar-refractivity contribution < 1.29 is 9.21 Å². The molecule has 0 unspecified atom stereocenters. The zero-order valence-corrected chi connectivity index (χ0v) is 11.9. The molecule has 0 aromatic carbocycles. The number of hydrogen-bond donors (Lipinski definition) is 2. The predicted octanol–water partition coefficient (Wildman–Crippen LogP) is 1.74. The molecule has 2 saturated carbocycles. The summed E-state index contributed by atoms with van der Waals surface area (Å²) in [4.78, 5) is 30.8. The average Bonchev–Trinajstić information content (AvgIpc) is 3.33. The molecule has 0 atom stereocenters. The first-order chi connectivity index (χ1) is 10.1. The molecule has 110 valence electrons. The Kier molecular flexibility index (Phi) is 2.52. The van der Waals surface area contributed by atoms with Gasteiger partial charge in [-0.1, -0.05) is 0 Å². The van der Waals surface area contributed by atoms with Crippen LogP contribution >= 0.6 is 0 Å². The number of rotatable bonds is 4. The van der Waals surface area contributed by atoms with Crippen LogP contribution in [-0.2, 0) is 0 Å². The molecule has 6 heteroatoms. The maximum Gasteiger partial charge on any atom is 0.262 e. The summed E-state index contributed by atoms with van der Waals surface area (Å²) in [5.74, 6) is 0.977. The van der Waals surface area contributed by atoms with Gasteiger partial charge in [-0.2, -0.15) is 0 Å². The lowest BCUT2D eigenvalue weighted by atomic mass is 10.0. The molecule has 2 fully saturated rings. The number of H-pyrrole nitrogens is 1. The van der Waals surface area contributed by atoms with Crippen LogP contribution in [0.4, 0.5) is 0 Å². The molecule has 2 aliphatic carbocycles. The van der Waals surface area contributed by atoms with Gasteiger partial charge in [0, 0.05) is 6.54 Å². The minimum atomic E-state index is -0.342. The molecule has 2 aromatic rings. The Balaban J connectivity index is 1.62. The third-order valence-electron chi connectivity index (χ3n) is 4.83. The first-order valence-electron chi connectivity index (χ1n) is 7.36. The number of furan rings is 1. The van der Waals surface area contributed by atoms with Crippen molar-refractivity contribution in [3.63, 3.8) is 0 Å². The maximum atomic E-state index is 12.5. The number of hydrogen-bond acceptors (Lipinski definition) is 4. The van der Waals surface area contributed by atoms with Gasteiger partial charge in [0.25, 0.3) is 11.5 Å². The summed E-state index contributed by atoms with van der Waals surface area (Å²) in [6, 6.07) is 0. The van der Waals surface area contributed by atoms with Crippen LogP contribution in [0, 0.1) is 18.3 Å². The van der Waals surface area contributed by atoms with Gasteiger partial charge in [-0.3, -0.25) is 9.59 Å². The first kappa shape index (κ1) is 12.6. The lowest BCUT2D eigenvalue weighted by Gasteiger charge is -2.14. The Morgan fingerprint density at radius 3 is 2.95 bits per heavy atom. The number of aromatic nitrogens is 2. The van der Waals surface area contributed by atoms with Crippen LogP contribution in [0.5, 0.6) is 0 Å². The molecule has 2 heterocycles. The second kappa shape index (κ2) is 4.19. The monoisotopic (exact) mass is 287 g/mol. The van der Waals surface area contributed by atoms with Crippen molar-refractivity contribution in [1.82, 2.24) is 15.3 Å². The number of nitrogens with zero attached hydrogens (tertiary/aromatic N) is 1. The van der Waals surface area contributed by atoms with E-state index in [2.05, 4.69) is 15.3 Å². The van der Waals surface area contributed by atoms with Gasteiger partial charge in [0.05, 0.1) is 11.9 Å². The van der Waals surface area contributed by atoms with E-state index in [4.69, 9.17) is 4.42 Å². The van der Waals surface area contributed by atoms with E-state index in [1.54, 1.807) is 6.92 Å². The number of carbonyl (C=O) groups is 1. The molecule has 6 nitrogen and oxygen atoms in total. The molecular formula is C15H17N3O3. The molecule has 0 bridgehead atoms.